The highest BCUT2D eigenvalue weighted by Crippen LogP contribution is 2.22. The zero-order valence-electron chi connectivity index (χ0n) is 12.2. The lowest BCUT2D eigenvalue weighted by Gasteiger charge is -2.37. The Morgan fingerprint density at radius 2 is 2.05 bits per heavy atom. The summed E-state index contributed by atoms with van der Waals surface area (Å²) < 4.78 is 27.0. The highest BCUT2D eigenvalue weighted by molar-refractivity contribution is 7.89. The summed E-state index contributed by atoms with van der Waals surface area (Å²) in [6.07, 6.45) is 0.844. The Morgan fingerprint density at radius 3 is 2.70 bits per heavy atom. The molecule has 1 heterocycles. The van der Waals surface area contributed by atoms with Gasteiger partial charge in [0.25, 0.3) is 0 Å². The van der Waals surface area contributed by atoms with Gasteiger partial charge in [-0.1, -0.05) is 19.1 Å². The van der Waals surface area contributed by atoms with Gasteiger partial charge in [-0.05, 0) is 38.0 Å². The number of hydrogen-bond acceptors (Lipinski definition) is 3. The summed E-state index contributed by atoms with van der Waals surface area (Å²) in [6.45, 7) is 7.25. The monoisotopic (exact) mass is 318 g/mol. The van der Waals surface area contributed by atoms with Gasteiger partial charge in [-0.3, -0.25) is 0 Å². The smallest absolute Gasteiger partial charge is 0.243 e. The second-order valence-corrected chi connectivity index (χ2v) is 6.99. The molecule has 20 heavy (non-hydrogen) atoms. The van der Waals surface area contributed by atoms with E-state index in [2.05, 4.69) is 5.32 Å². The highest BCUT2D eigenvalue weighted by atomic mass is 35.5. The average Bonchev–Trinajstić information content (AvgIpc) is 2.41. The van der Waals surface area contributed by atoms with Crippen molar-refractivity contribution in [3.8, 4) is 0 Å². The van der Waals surface area contributed by atoms with Crippen LogP contribution in [0, 0.1) is 0 Å². The average molecular weight is 319 g/mol. The van der Waals surface area contributed by atoms with Crippen molar-refractivity contribution in [2.75, 3.05) is 13.1 Å². The predicted molar refractivity (Wildman–Crippen MR) is 83.9 cm³/mol. The molecule has 1 N–H and O–H groups in total. The van der Waals surface area contributed by atoms with E-state index >= 15 is 0 Å². The molecule has 2 unspecified atom stereocenters. The van der Waals surface area contributed by atoms with E-state index in [9.17, 15) is 8.42 Å². The van der Waals surface area contributed by atoms with Crippen LogP contribution in [0.2, 0.25) is 0 Å². The Labute approximate surface area is 128 Å². The molecule has 1 aliphatic rings. The van der Waals surface area contributed by atoms with E-state index < -0.39 is 10.0 Å². The number of piperazine rings is 1. The minimum Gasteiger partial charge on any atom is -0.311 e. The third-order valence-electron chi connectivity index (χ3n) is 3.89. The van der Waals surface area contributed by atoms with Crippen molar-refractivity contribution in [3.63, 3.8) is 0 Å². The van der Waals surface area contributed by atoms with Gasteiger partial charge in [0.05, 0.1) is 4.90 Å². The SMILES string of the molecule is CCc1cccc(S(=O)(=O)N2CCNC(C)C2C)c1.Cl. The standard InChI is InChI=1S/C14H22N2O2S.ClH/c1-4-13-6-5-7-14(10-13)19(17,18)16-9-8-15-11(2)12(16)3;/h5-7,10-12,15H,4,8-9H2,1-3H3;1H. The molecule has 2 atom stereocenters. The molecule has 0 radical (unpaired) electrons. The molecule has 1 aromatic carbocycles. The molecule has 6 heteroatoms. The molecular weight excluding hydrogens is 296 g/mol. The normalized spacial score (nSPS) is 24.1. The first kappa shape index (κ1) is 17.4. The largest absolute Gasteiger partial charge is 0.311 e. The molecule has 2 rings (SSSR count). The van der Waals surface area contributed by atoms with E-state index in [1.54, 1.807) is 16.4 Å². The summed E-state index contributed by atoms with van der Waals surface area (Å²) in [7, 11) is -3.38. The molecular formula is C14H23ClN2O2S. The fourth-order valence-corrected chi connectivity index (χ4v) is 4.20. The van der Waals surface area contributed by atoms with Gasteiger partial charge in [-0.25, -0.2) is 8.42 Å². The van der Waals surface area contributed by atoms with Crippen LogP contribution in [-0.4, -0.2) is 37.9 Å². The summed E-state index contributed by atoms with van der Waals surface area (Å²) in [5, 5.41) is 3.30. The van der Waals surface area contributed by atoms with Crippen molar-refractivity contribution < 1.29 is 8.42 Å². The van der Waals surface area contributed by atoms with E-state index in [-0.39, 0.29) is 24.5 Å². The minimum atomic E-state index is -3.38. The molecule has 114 valence electrons. The Bertz CT molecular complexity index is 548. The van der Waals surface area contributed by atoms with Gasteiger partial charge in [0.2, 0.25) is 10.0 Å². The molecule has 0 amide bonds. The van der Waals surface area contributed by atoms with Crippen LogP contribution in [-0.2, 0) is 16.4 Å². The lowest BCUT2D eigenvalue weighted by molar-refractivity contribution is 0.233. The predicted octanol–water partition coefficient (Wildman–Crippen LogP) is 2.04. The third-order valence-corrected chi connectivity index (χ3v) is 5.87. The topological polar surface area (TPSA) is 49.4 Å². The Kier molecular flexibility index (Phi) is 6.01. The van der Waals surface area contributed by atoms with E-state index in [0.717, 1.165) is 12.0 Å². The lowest BCUT2D eigenvalue weighted by Crippen LogP contribution is -2.57. The molecule has 4 nitrogen and oxygen atoms in total. The zero-order chi connectivity index (χ0) is 14.0. The molecule has 1 aliphatic heterocycles. The van der Waals surface area contributed by atoms with E-state index in [4.69, 9.17) is 0 Å². The van der Waals surface area contributed by atoms with Crippen LogP contribution in [0.1, 0.15) is 26.3 Å². The highest BCUT2D eigenvalue weighted by Gasteiger charge is 2.34. The summed E-state index contributed by atoms with van der Waals surface area (Å²) in [5.74, 6) is 0. The molecule has 0 aliphatic carbocycles. The number of benzene rings is 1. The van der Waals surface area contributed by atoms with Crippen LogP contribution >= 0.6 is 12.4 Å². The quantitative estimate of drug-likeness (QED) is 0.928. The maximum absolute atomic E-state index is 12.7. The zero-order valence-corrected chi connectivity index (χ0v) is 13.8. The van der Waals surface area contributed by atoms with Crippen molar-refractivity contribution in [3.05, 3.63) is 29.8 Å². The van der Waals surface area contributed by atoms with Crippen LogP contribution in [0.3, 0.4) is 0 Å². The molecule has 1 fully saturated rings. The fraction of sp³-hybridized carbons (Fsp3) is 0.571. The van der Waals surface area contributed by atoms with Crippen LogP contribution in [0.15, 0.2) is 29.2 Å². The number of nitrogens with one attached hydrogen (secondary N) is 1. The molecule has 0 bridgehead atoms. The fourth-order valence-electron chi connectivity index (χ4n) is 2.43. The van der Waals surface area contributed by atoms with E-state index in [1.807, 2.05) is 32.9 Å². The summed E-state index contributed by atoms with van der Waals surface area (Å²) in [6, 6.07) is 7.41. The second-order valence-electron chi connectivity index (χ2n) is 5.10. The van der Waals surface area contributed by atoms with Crippen molar-refractivity contribution in [1.29, 1.82) is 0 Å². The van der Waals surface area contributed by atoms with Crippen molar-refractivity contribution >= 4 is 22.4 Å². The van der Waals surface area contributed by atoms with E-state index in [1.165, 1.54) is 0 Å². The Hall–Kier alpha value is -0.620. The van der Waals surface area contributed by atoms with Gasteiger partial charge in [0.15, 0.2) is 0 Å². The first-order valence-electron chi connectivity index (χ1n) is 6.81. The van der Waals surface area contributed by atoms with Crippen LogP contribution < -0.4 is 5.32 Å². The second kappa shape index (κ2) is 6.89. The first-order valence-corrected chi connectivity index (χ1v) is 8.25. The number of sulfonamides is 1. The molecule has 1 aromatic rings. The van der Waals surface area contributed by atoms with Crippen LogP contribution in [0.5, 0.6) is 0 Å². The van der Waals surface area contributed by atoms with Gasteiger partial charge in [0.1, 0.15) is 0 Å². The van der Waals surface area contributed by atoms with Gasteiger partial charge in [-0.2, -0.15) is 4.31 Å². The van der Waals surface area contributed by atoms with Crippen molar-refractivity contribution in [1.82, 2.24) is 9.62 Å². The van der Waals surface area contributed by atoms with E-state index in [0.29, 0.717) is 18.0 Å². The molecule has 1 saturated heterocycles. The Morgan fingerprint density at radius 1 is 1.35 bits per heavy atom. The maximum Gasteiger partial charge on any atom is 0.243 e. The number of hydrogen-bond donors (Lipinski definition) is 1. The molecule has 0 aromatic heterocycles. The van der Waals surface area contributed by atoms with Gasteiger partial charge < -0.3 is 5.32 Å². The van der Waals surface area contributed by atoms with Gasteiger partial charge in [-0.15, -0.1) is 12.4 Å². The van der Waals surface area contributed by atoms with Crippen LogP contribution in [0.4, 0.5) is 0 Å². The number of nitrogens with zero attached hydrogens (tertiary/aromatic N) is 1. The number of rotatable bonds is 3. The summed E-state index contributed by atoms with van der Waals surface area (Å²) >= 11 is 0. The first-order chi connectivity index (χ1) is 8.96. The summed E-state index contributed by atoms with van der Waals surface area (Å²) in [4.78, 5) is 0.410. The molecule has 0 saturated carbocycles. The van der Waals surface area contributed by atoms with Gasteiger partial charge >= 0.3 is 0 Å². The minimum absolute atomic E-state index is 0. The summed E-state index contributed by atoms with van der Waals surface area (Å²) in [5.41, 5.74) is 1.05. The lowest BCUT2D eigenvalue weighted by atomic mass is 10.1. The third kappa shape index (κ3) is 3.34. The van der Waals surface area contributed by atoms with Crippen LogP contribution in [0.25, 0.3) is 0 Å². The number of halogens is 1. The Balaban J connectivity index is 0.00000200. The number of aryl methyl sites for hydroxylation is 1. The maximum atomic E-state index is 12.7. The van der Waals surface area contributed by atoms with Crippen molar-refractivity contribution in [2.45, 2.75) is 44.2 Å². The van der Waals surface area contributed by atoms with Gasteiger partial charge in [0, 0.05) is 25.2 Å². The van der Waals surface area contributed by atoms with Crippen molar-refractivity contribution in [2.24, 2.45) is 0 Å². The molecule has 0 spiro atoms.